The van der Waals surface area contributed by atoms with Crippen molar-refractivity contribution in [1.29, 1.82) is 0 Å². The third-order valence-electron chi connectivity index (χ3n) is 2.67. The quantitative estimate of drug-likeness (QED) is 0.831. The summed E-state index contributed by atoms with van der Waals surface area (Å²) in [4.78, 5) is 15.2. The molecule has 1 atom stereocenters. The number of alkyl halides is 1. The van der Waals surface area contributed by atoms with Crippen LogP contribution in [0.3, 0.4) is 0 Å². The lowest BCUT2D eigenvalue weighted by molar-refractivity contribution is 0.248. The Morgan fingerprint density at radius 2 is 2.28 bits per heavy atom. The zero-order chi connectivity index (χ0) is 13.1. The molecule has 18 heavy (non-hydrogen) atoms. The normalized spacial score (nSPS) is 12.6. The molecule has 2 rings (SSSR count). The highest BCUT2D eigenvalue weighted by atomic mass is 35.5. The molecule has 0 saturated carbocycles. The number of carbonyl (C=O) groups excluding carboxylic acids is 1. The fraction of sp³-hybridized carbons (Fsp3) is 0.333. The van der Waals surface area contributed by atoms with E-state index in [-0.39, 0.29) is 5.38 Å². The van der Waals surface area contributed by atoms with Gasteiger partial charge in [0.05, 0.1) is 16.4 Å². The molecule has 1 unspecified atom stereocenters. The number of urea groups is 1. The summed E-state index contributed by atoms with van der Waals surface area (Å²) in [5, 5.41) is 2.37. The van der Waals surface area contributed by atoms with E-state index in [2.05, 4.69) is 10.3 Å². The lowest BCUT2D eigenvalue weighted by atomic mass is 10.3. The Morgan fingerprint density at radius 3 is 2.94 bits per heavy atom. The summed E-state index contributed by atoms with van der Waals surface area (Å²) in [6.07, 6.45) is 0. The molecule has 0 aliphatic heterocycles. The minimum absolute atomic E-state index is 0.189. The van der Waals surface area contributed by atoms with Gasteiger partial charge in [-0.2, -0.15) is 0 Å². The zero-order valence-electron chi connectivity index (χ0n) is 10.1. The SMILES string of the molecule is CC(Cl)c1nc2ccccc2n1CCNC(N)=O. The van der Waals surface area contributed by atoms with Crippen LogP contribution >= 0.6 is 11.6 Å². The maximum atomic E-state index is 10.7. The van der Waals surface area contributed by atoms with E-state index in [0.717, 1.165) is 16.9 Å². The molecule has 6 heteroatoms. The van der Waals surface area contributed by atoms with E-state index >= 15 is 0 Å². The minimum Gasteiger partial charge on any atom is -0.352 e. The highest BCUT2D eigenvalue weighted by Crippen LogP contribution is 2.24. The number of carbonyl (C=O) groups is 1. The molecular weight excluding hydrogens is 252 g/mol. The fourth-order valence-corrected chi connectivity index (χ4v) is 2.09. The summed E-state index contributed by atoms with van der Waals surface area (Å²) in [6.45, 7) is 2.92. The van der Waals surface area contributed by atoms with E-state index in [1.165, 1.54) is 0 Å². The number of nitrogens with zero attached hydrogens (tertiary/aromatic N) is 2. The van der Waals surface area contributed by atoms with Crippen LogP contribution in [0.4, 0.5) is 4.79 Å². The molecule has 1 aromatic heterocycles. The number of imidazole rings is 1. The van der Waals surface area contributed by atoms with Gasteiger partial charge in [-0.15, -0.1) is 11.6 Å². The van der Waals surface area contributed by atoms with Crippen molar-refractivity contribution < 1.29 is 4.79 Å². The molecule has 1 heterocycles. The highest BCUT2D eigenvalue weighted by molar-refractivity contribution is 6.20. The molecule has 2 amide bonds. The van der Waals surface area contributed by atoms with E-state index in [1.54, 1.807) is 0 Å². The average Bonchev–Trinajstić information content (AvgIpc) is 2.68. The van der Waals surface area contributed by atoms with Gasteiger partial charge in [0.2, 0.25) is 0 Å². The first-order valence-electron chi connectivity index (χ1n) is 5.72. The molecular formula is C12H15ClN4O. The lowest BCUT2D eigenvalue weighted by Gasteiger charge is -2.10. The molecule has 0 aliphatic carbocycles. The van der Waals surface area contributed by atoms with Gasteiger partial charge in [-0.3, -0.25) is 0 Å². The van der Waals surface area contributed by atoms with Crippen LogP contribution in [0.1, 0.15) is 18.1 Å². The number of fused-ring (bicyclic) bond motifs is 1. The van der Waals surface area contributed by atoms with Gasteiger partial charge >= 0.3 is 6.03 Å². The Kier molecular flexibility index (Phi) is 3.72. The third-order valence-corrected chi connectivity index (χ3v) is 2.87. The number of aromatic nitrogens is 2. The number of amides is 2. The Bertz CT molecular complexity index is 564. The Morgan fingerprint density at radius 1 is 1.56 bits per heavy atom. The summed E-state index contributed by atoms with van der Waals surface area (Å²) in [7, 11) is 0. The standard InChI is InChI=1S/C12H15ClN4O/c1-8(13)11-16-9-4-2-3-5-10(9)17(11)7-6-15-12(14)18/h2-5,8H,6-7H2,1H3,(H3,14,15,18). The molecule has 96 valence electrons. The van der Waals surface area contributed by atoms with Crippen molar-refractivity contribution in [2.45, 2.75) is 18.8 Å². The van der Waals surface area contributed by atoms with Crippen molar-refractivity contribution >= 4 is 28.7 Å². The molecule has 0 saturated heterocycles. The summed E-state index contributed by atoms with van der Waals surface area (Å²) in [6, 6.07) is 7.28. The zero-order valence-corrected chi connectivity index (χ0v) is 10.8. The second kappa shape index (κ2) is 5.27. The van der Waals surface area contributed by atoms with Crippen molar-refractivity contribution in [3.63, 3.8) is 0 Å². The van der Waals surface area contributed by atoms with E-state index < -0.39 is 6.03 Å². The van der Waals surface area contributed by atoms with Crippen molar-refractivity contribution in [2.75, 3.05) is 6.54 Å². The predicted molar refractivity (Wildman–Crippen MR) is 71.6 cm³/mol. The van der Waals surface area contributed by atoms with Crippen LogP contribution in [-0.2, 0) is 6.54 Å². The molecule has 0 spiro atoms. The number of para-hydroxylation sites is 2. The Balaban J connectivity index is 2.33. The molecule has 2 aromatic rings. The van der Waals surface area contributed by atoms with Crippen LogP contribution in [0, 0.1) is 0 Å². The van der Waals surface area contributed by atoms with Crippen LogP contribution in [-0.4, -0.2) is 22.1 Å². The van der Waals surface area contributed by atoms with Gasteiger partial charge in [0.1, 0.15) is 5.82 Å². The number of nitrogens with two attached hydrogens (primary N) is 1. The van der Waals surface area contributed by atoms with E-state index in [0.29, 0.717) is 13.1 Å². The summed E-state index contributed by atoms with van der Waals surface area (Å²) >= 11 is 6.13. The largest absolute Gasteiger partial charge is 0.352 e. The predicted octanol–water partition coefficient (Wildman–Crippen LogP) is 2.00. The molecule has 0 aliphatic rings. The number of benzene rings is 1. The molecule has 0 radical (unpaired) electrons. The van der Waals surface area contributed by atoms with Crippen molar-refractivity contribution in [1.82, 2.24) is 14.9 Å². The molecule has 3 N–H and O–H groups in total. The molecule has 5 nitrogen and oxygen atoms in total. The van der Waals surface area contributed by atoms with E-state index in [4.69, 9.17) is 17.3 Å². The molecule has 1 aromatic carbocycles. The van der Waals surface area contributed by atoms with Crippen LogP contribution in [0.2, 0.25) is 0 Å². The number of hydrogen-bond donors (Lipinski definition) is 2. The maximum absolute atomic E-state index is 10.7. The van der Waals surface area contributed by atoms with Gasteiger partial charge in [-0.1, -0.05) is 12.1 Å². The smallest absolute Gasteiger partial charge is 0.312 e. The minimum atomic E-state index is -0.528. The molecule has 0 fully saturated rings. The maximum Gasteiger partial charge on any atom is 0.312 e. The number of halogens is 1. The van der Waals surface area contributed by atoms with Gasteiger partial charge in [-0.25, -0.2) is 9.78 Å². The number of hydrogen-bond acceptors (Lipinski definition) is 2. The average molecular weight is 267 g/mol. The van der Waals surface area contributed by atoms with E-state index in [1.807, 2.05) is 35.8 Å². The summed E-state index contributed by atoms with van der Waals surface area (Å²) in [5.74, 6) is 0.795. The van der Waals surface area contributed by atoms with Crippen LogP contribution < -0.4 is 11.1 Å². The third kappa shape index (κ3) is 2.56. The van der Waals surface area contributed by atoms with Gasteiger partial charge in [0.25, 0.3) is 0 Å². The van der Waals surface area contributed by atoms with Gasteiger partial charge < -0.3 is 15.6 Å². The van der Waals surface area contributed by atoms with Crippen molar-refractivity contribution in [3.8, 4) is 0 Å². The second-order valence-corrected chi connectivity index (χ2v) is 4.67. The topological polar surface area (TPSA) is 72.9 Å². The Hall–Kier alpha value is -1.75. The highest BCUT2D eigenvalue weighted by Gasteiger charge is 2.14. The van der Waals surface area contributed by atoms with Crippen LogP contribution in [0.5, 0.6) is 0 Å². The first-order valence-corrected chi connectivity index (χ1v) is 6.16. The number of rotatable bonds is 4. The van der Waals surface area contributed by atoms with Gasteiger partial charge in [0, 0.05) is 13.1 Å². The van der Waals surface area contributed by atoms with Crippen LogP contribution in [0.15, 0.2) is 24.3 Å². The first-order chi connectivity index (χ1) is 8.59. The molecule has 0 bridgehead atoms. The second-order valence-electron chi connectivity index (χ2n) is 4.02. The first kappa shape index (κ1) is 12.7. The number of nitrogens with one attached hydrogen (secondary N) is 1. The number of primary amides is 1. The summed E-state index contributed by atoms with van der Waals surface area (Å²) < 4.78 is 2.00. The lowest BCUT2D eigenvalue weighted by Crippen LogP contribution is -2.32. The van der Waals surface area contributed by atoms with Crippen molar-refractivity contribution in [2.24, 2.45) is 5.73 Å². The fourth-order valence-electron chi connectivity index (χ4n) is 1.92. The van der Waals surface area contributed by atoms with E-state index in [9.17, 15) is 4.79 Å². The monoisotopic (exact) mass is 266 g/mol. The van der Waals surface area contributed by atoms with Crippen molar-refractivity contribution in [3.05, 3.63) is 30.1 Å². The Labute approximate surface area is 110 Å². The van der Waals surface area contributed by atoms with Gasteiger partial charge in [-0.05, 0) is 19.1 Å². The van der Waals surface area contributed by atoms with Crippen LogP contribution in [0.25, 0.3) is 11.0 Å². The summed E-state index contributed by atoms with van der Waals surface area (Å²) in [5.41, 5.74) is 6.95. The van der Waals surface area contributed by atoms with Gasteiger partial charge in [0.15, 0.2) is 0 Å².